The number of para-hydroxylation sites is 2. The van der Waals surface area contributed by atoms with Crippen LogP contribution in [0.1, 0.15) is 11.1 Å². The molecule has 0 saturated carbocycles. The Morgan fingerprint density at radius 2 is 1.87 bits per heavy atom. The number of hydrogen-bond acceptors (Lipinski definition) is 4. The van der Waals surface area contributed by atoms with Crippen LogP contribution in [-0.4, -0.2) is 11.3 Å². The second kappa shape index (κ2) is 6.55. The van der Waals surface area contributed by atoms with Gasteiger partial charge in [0.15, 0.2) is 5.75 Å². The lowest BCUT2D eigenvalue weighted by molar-refractivity contribution is -0.385. The molecule has 0 aliphatic carbocycles. The highest BCUT2D eigenvalue weighted by Gasteiger charge is 2.32. The number of nitrogens with one attached hydrogen (secondary N) is 1. The lowest BCUT2D eigenvalue weighted by atomic mass is 10.1. The Hall–Kier alpha value is -2.77. The maximum atomic E-state index is 12.4. The van der Waals surface area contributed by atoms with Crippen LogP contribution in [0.5, 0.6) is 5.75 Å². The SMILES string of the molecule is Cc1c(CNc2ccccc2OC(F)(F)F)cccc1[N+](=O)[O-]. The van der Waals surface area contributed by atoms with Crippen molar-refractivity contribution in [1.29, 1.82) is 0 Å². The molecule has 122 valence electrons. The van der Waals surface area contributed by atoms with Crippen LogP contribution in [0, 0.1) is 17.0 Å². The molecule has 0 fully saturated rings. The fraction of sp³-hybridized carbons (Fsp3) is 0.200. The zero-order chi connectivity index (χ0) is 17.0. The van der Waals surface area contributed by atoms with Gasteiger partial charge in [0.05, 0.1) is 10.6 Å². The number of alkyl halides is 3. The summed E-state index contributed by atoms with van der Waals surface area (Å²) in [6.45, 7) is 1.72. The summed E-state index contributed by atoms with van der Waals surface area (Å²) in [5.74, 6) is -0.358. The molecular formula is C15H13F3N2O3. The fourth-order valence-corrected chi connectivity index (χ4v) is 2.08. The quantitative estimate of drug-likeness (QED) is 0.653. The van der Waals surface area contributed by atoms with Gasteiger partial charge in [0.2, 0.25) is 0 Å². The molecule has 0 amide bonds. The van der Waals surface area contributed by atoms with E-state index in [1.807, 2.05) is 0 Å². The van der Waals surface area contributed by atoms with Crippen LogP contribution in [0.25, 0.3) is 0 Å². The first-order chi connectivity index (χ1) is 10.8. The number of anilines is 1. The van der Waals surface area contributed by atoms with E-state index in [1.54, 1.807) is 19.1 Å². The zero-order valence-corrected chi connectivity index (χ0v) is 12.1. The largest absolute Gasteiger partial charge is 0.573 e. The Labute approximate surface area is 129 Å². The summed E-state index contributed by atoms with van der Waals surface area (Å²) in [5, 5.41) is 13.7. The molecule has 2 rings (SSSR count). The summed E-state index contributed by atoms with van der Waals surface area (Å²) in [6, 6.07) is 10.2. The van der Waals surface area contributed by atoms with Crippen molar-refractivity contribution >= 4 is 11.4 Å². The smallest absolute Gasteiger partial charge is 0.404 e. The van der Waals surface area contributed by atoms with E-state index >= 15 is 0 Å². The van der Waals surface area contributed by atoms with Crippen LogP contribution in [-0.2, 0) is 6.54 Å². The fourth-order valence-electron chi connectivity index (χ4n) is 2.08. The van der Waals surface area contributed by atoms with E-state index in [2.05, 4.69) is 10.1 Å². The Morgan fingerprint density at radius 3 is 2.52 bits per heavy atom. The summed E-state index contributed by atoms with van der Waals surface area (Å²) in [4.78, 5) is 10.4. The van der Waals surface area contributed by atoms with Crippen molar-refractivity contribution in [2.75, 3.05) is 5.32 Å². The number of nitro benzene ring substituents is 1. The van der Waals surface area contributed by atoms with Gasteiger partial charge in [-0.3, -0.25) is 10.1 Å². The minimum absolute atomic E-state index is 0.0378. The molecule has 8 heteroatoms. The van der Waals surface area contributed by atoms with Crippen LogP contribution >= 0.6 is 0 Å². The van der Waals surface area contributed by atoms with Crippen molar-refractivity contribution in [2.45, 2.75) is 19.8 Å². The highest BCUT2D eigenvalue weighted by Crippen LogP contribution is 2.30. The van der Waals surface area contributed by atoms with Crippen molar-refractivity contribution in [3.05, 3.63) is 63.7 Å². The number of benzene rings is 2. The van der Waals surface area contributed by atoms with Crippen LogP contribution in [0.4, 0.5) is 24.5 Å². The van der Waals surface area contributed by atoms with Gasteiger partial charge in [-0.1, -0.05) is 24.3 Å². The number of hydrogen-bond donors (Lipinski definition) is 1. The van der Waals surface area contributed by atoms with Gasteiger partial charge in [-0.15, -0.1) is 13.2 Å². The van der Waals surface area contributed by atoms with Crippen LogP contribution in [0.15, 0.2) is 42.5 Å². The van der Waals surface area contributed by atoms with E-state index in [-0.39, 0.29) is 23.7 Å². The van der Waals surface area contributed by atoms with Crippen LogP contribution in [0.3, 0.4) is 0 Å². The molecule has 0 aliphatic heterocycles. The molecule has 0 bridgehead atoms. The average Bonchev–Trinajstić information content (AvgIpc) is 2.45. The van der Waals surface area contributed by atoms with E-state index in [4.69, 9.17) is 0 Å². The summed E-state index contributed by atoms with van der Waals surface area (Å²) in [7, 11) is 0. The molecule has 0 radical (unpaired) electrons. The van der Waals surface area contributed by atoms with Crippen molar-refractivity contribution in [2.24, 2.45) is 0 Å². The molecule has 1 N–H and O–H groups in total. The van der Waals surface area contributed by atoms with Gasteiger partial charge in [0.1, 0.15) is 0 Å². The first kappa shape index (κ1) is 16.6. The molecule has 2 aromatic carbocycles. The predicted molar refractivity (Wildman–Crippen MR) is 78.3 cm³/mol. The number of nitro groups is 1. The van der Waals surface area contributed by atoms with Crippen molar-refractivity contribution in [3.63, 3.8) is 0 Å². The molecule has 0 saturated heterocycles. The van der Waals surface area contributed by atoms with Crippen molar-refractivity contribution < 1.29 is 22.8 Å². The van der Waals surface area contributed by atoms with Gasteiger partial charge in [0, 0.05) is 18.2 Å². The average molecular weight is 326 g/mol. The zero-order valence-electron chi connectivity index (χ0n) is 12.1. The molecule has 23 heavy (non-hydrogen) atoms. The van der Waals surface area contributed by atoms with E-state index in [1.165, 1.54) is 30.3 Å². The molecule has 0 heterocycles. The minimum atomic E-state index is -4.79. The van der Waals surface area contributed by atoms with E-state index in [9.17, 15) is 23.3 Å². The second-order valence-corrected chi connectivity index (χ2v) is 4.72. The number of ether oxygens (including phenoxy) is 1. The Morgan fingerprint density at radius 1 is 1.17 bits per heavy atom. The van der Waals surface area contributed by atoms with Crippen LogP contribution in [0.2, 0.25) is 0 Å². The lowest BCUT2D eigenvalue weighted by Gasteiger charge is -2.15. The Kier molecular flexibility index (Phi) is 4.73. The van der Waals surface area contributed by atoms with Gasteiger partial charge in [-0.25, -0.2) is 0 Å². The summed E-state index contributed by atoms with van der Waals surface area (Å²) >= 11 is 0. The van der Waals surface area contributed by atoms with Crippen molar-refractivity contribution in [1.82, 2.24) is 0 Å². The van der Waals surface area contributed by atoms with Crippen LogP contribution < -0.4 is 10.1 Å². The first-order valence-electron chi connectivity index (χ1n) is 6.59. The van der Waals surface area contributed by atoms with Gasteiger partial charge >= 0.3 is 6.36 Å². The topological polar surface area (TPSA) is 64.4 Å². The third kappa shape index (κ3) is 4.35. The van der Waals surface area contributed by atoms with E-state index < -0.39 is 11.3 Å². The molecule has 0 unspecified atom stereocenters. The standard InChI is InChI=1S/C15H13F3N2O3/c1-10-11(5-4-7-13(10)20(21)22)9-19-12-6-2-3-8-14(12)23-15(16,17)18/h2-8,19H,9H2,1H3. The maximum Gasteiger partial charge on any atom is 0.573 e. The van der Waals surface area contributed by atoms with Crippen molar-refractivity contribution in [3.8, 4) is 5.75 Å². The molecule has 5 nitrogen and oxygen atoms in total. The monoisotopic (exact) mass is 326 g/mol. The minimum Gasteiger partial charge on any atom is -0.404 e. The Balaban J connectivity index is 2.19. The molecule has 0 aromatic heterocycles. The third-order valence-electron chi connectivity index (χ3n) is 3.20. The van der Waals surface area contributed by atoms with E-state index in [0.717, 1.165) is 0 Å². The van der Waals surface area contributed by atoms with E-state index in [0.29, 0.717) is 11.1 Å². The van der Waals surface area contributed by atoms with Gasteiger partial charge in [0.25, 0.3) is 5.69 Å². The lowest BCUT2D eigenvalue weighted by Crippen LogP contribution is -2.18. The highest BCUT2D eigenvalue weighted by molar-refractivity contribution is 5.57. The Bertz CT molecular complexity index is 717. The van der Waals surface area contributed by atoms with Gasteiger partial charge < -0.3 is 10.1 Å². The highest BCUT2D eigenvalue weighted by atomic mass is 19.4. The van der Waals surface area contributed by atoms with Gasteiger partial charge in [-0.2, -0.15) is 0 Å². The summed E-state index contributed by atoms with van der Waals surface area (Å²) < 4.78 is 41.0. The predicted octanol–water partition coefficient (Wildman–Crippen LogP) is 4.41. The molecular weight excluding hydrogens is 313 g/mol. The number of halogens is 3. The molecule has 2 aromatic rings. The summed E-state index contributed by atoms with van der Waals surface area (Å²) in [5.41, 5.74) is 1.18. The number of nitrogens with zero attached hydrogens (tertiary/aromatic N) is 1. The number of rotatable bonds is 5. The summed E-state index contributed by atoms with van der Waals surface area (Å²) in [6.07, 6.45) is -4.79. The first-order valence-corrected chi connectivity index (χ1v) is 6.59. The maximum absolute atomic E-state index is 12.4. The molecule has 0 spiro atoms. The van der Waals surface area contributed by atoms with Gasteiger partial charge in [-0.05, 0) is 24.6 Å². The normalized spacial score (nSPS) is 11.1. The third-order valence-corrected chi connectivity index (χ3v) is 3.20. The molecule has 0 atom stereocenters. The second-order valence-electron chi connectivity index (χ2n) is 4.72. The molecule has 0 aliphatic rings.